The molecule has 1 atom stereocenters. The van der Waals surface area contributed by atoms with Gasteiger partial charge in [-0.15, -0.1) is 0 Å². The summed E-state index contributed by atoms with van der Waals surface area (Å²) in [5.74, 6) is 1.32. The average molecular weight is 493 g/mol. The van der Waals surface area contributed by atoms with Gasteiger partial charge in [0, 0.05) is 26.1 Å². The summed E-state index contributed by atoms with van der Waals surface area (Å²) < 4.78 is 67.0. The fraction of sp³-hybridized carbons (Fsp3) is 0.478. The van der Waals surface area contributed by atoms with Crippen LogP contribution in [0, 0.1) is 0 Å². The molecule has 0 spiro atoms. The minimum absolute atomic E-state index is 0.101. The first-order chi connectivity index (χ1) is 15.9. The van der Waals surface area contributed by atoms with Crippen molar-refractivity contribution in [2.75, 3.05) is 32.8 Å². The maximum atomic E-state index is 13.5. The SMILES string of the molecule is O=S(=O)(c1ccc(S(=O)(=O)N2CCCC2c2ccc3c(c2)OCCCO3)cc1)N1CCCC1. The predicted molar refractivity (Wildman–Crippen MR) is 122 cm³/mol. The molecule has 2 aromatic carbocycles. The predicted octanol–water partition coefficient (Wildman–Crippen LogP) is 3.16. The van der Waals surface area contributed by atoms with Gasteiger partial charge in [-0.25, -0.2) is 16.8 Å². The van der Waals surface area contributed by atoms with Gasteiger partial charge in [-0.2, -0.15) is 8.61 Å². The molecule has 178 valence electrons. The summed E-state index contributed by atoms with van der Waals surface area (Å²) in [6.45, 7) is 2.59. The Bertz CT molecular complexity index is 1220. The molecule has 2 aromatic rings. The maximum Gasteiger partial charge on any atom is 0.243 e. The standard InChI is InChI=1S/C23H28N2O6S2/c26-32(27,24-12-1-2-13-24)19-7-9-20(10-8-19)33(28,29)25-14-3-5-21(25)18-6-11-22-23(17-18)31-16-4-15-30-22/h6-11,17,21H,1-5,12-16H2. The molecular formula is C23H28N2O6S2. The van der Waals surface area contributed by atoms with Gasteiger partial charge < -0.3 is 9.47 Å². The van der Waals surface area contributed by atoms with E-state index in [2.05, 4.69) is 0 Å². The van der Waals surface area contributed by atoms with Gasteiger partial charge >= 0.3 is 0 Å². The third-order valence-corrected chi connectivity index (χ3v) is 10.3. The summed E-state index contributed by atoms with van der Waals surface area (Å²) in [6.07, 6.45) is 3.96. The monoisotopic (exact) mass is 492 g/mol. The Balaban J connectivity index is 1.40. The van der Waals surface area contributed by atoms with Gasteiger partial charge in [0.25, 0.3) is 0 Å². The summed E-state index contributed by atoms with van der Waals surface area (Å²) in [5.41, 5.74) is 0.869. The highest BCUT2D eigenvalue weighted by Gasteiger charge is 2.37. The Hall–Kier alpha value is -2.14. The van der Waals surface area contributed by atoms with Crippen molar-refractivity contribution in [1.29, 1.82) is 0 Å². The van der Waals surface area contributed by atoms with E-state index in [1.165, 1.54) is 32.9 Å². The van der Waals surface area contributed by atoms with E-state index in [9.17, 15) is 16.8 Å². The van der Waals surface area contributed by atoms with Crippen molar-refractivity contribution >= 4 is 20.0 Å². The first kappa shape index (κ1) is 22.6. The smallest absolute Gasteiger partial charge is 0.243 e. The first-order valence-electron chi connectivity index (χ1n) is 11.4. The van der Waals surface area contributed by atoms with E-state index < -0.39 is 20.0 Å². The molecule has 0 aliphatic carbocycles. The third kappa shape index (κ3) is 4.25. The average Bonchev–Trinajstić information content (AvgIpc) is 3.48. The Morgan fingerprint density at radius 3 is 2.03 bits per heavy atom. The van der Waals surface area contributed by atoms with E-state index >= 15 is 0 Å². The van der Waals surface area contributed by atoms with Crippen molar-refractivity contribution in [2.24, 2.45) is 0 Å². The number of benzene rings is 2. The van der Waals surface area contributed by atoms with Gasteiger partial charge in [0.05, 0.1) is 29.0 Å². The summed E-state index contributed by atoms with van der Waals surface area (Å²) >= 11 is 0. The van der Waals surface area contributed by atoms with E-state index in [-0.39, 0.29) is 15.8 Å². The van der Waals surface area contributed by atoms with Gasteiger partial charge in [0.2, 0.25) is 20.0 Å². The van der Waals surface area contributed by atoms with E-state index in [4.69, 9.17) is 9.47 Å². The van der Waals surface area contributed by atoms with Crippen molar-refractivity contribution in [2.45, 2.75) is 47.9 Å². The third-order valence-electron chi connectivity index (χ3n) is 6.49. The van der Waals surface area contributed by atoms with Crippen molar-refractivity contribution in [3.63, 3.8) is 0 Å². The molecule has 10 heteroatoms. The molecule has 0 bridgehead atoms. The van der Waals surface area contributed by atoms with Gasteiger partial charge in [-0.1, -0.05) is 6.07 Å². The summed E-state index contributed by atoms with van der Waals surface area (Å²) in [5, 5.41) is 0. The van der Waals surface area contributed by atoms with Crippen molar-refractivity contribution in [1.82, 2.24) is 8.61 Å². The zero-order valence-electron chi connectivity index (χ0n) is 18.4. The van der Waals surface area contributed by atoms with Crippen LogP contribution in [-0.4, -0.2) is 58.3 Å². The summed E-state index contributed by atoms with van der Waals surface area (Å²) in [4.78, 5) is 0.230. The molecule has 3 aliphatic heterocycles. The molecule has 3 aliphatic rings. The molecular weight excluding hydrogens is 464 g/mol. The van der Waals surface area contributed by atoms with Crippen molar-refractivity contribution in [3.05, 3.63) is 48.0 Å². The number of fused-ring (bicyclic) bond motifs is 1. The topological polar surface area (TPSA) is 93.2 Å². The molecule has 0 aromatic heterocycles. The maximum absolute atomic E-state index is 13.5. The van der Waals surface area contributed by atoms with E-state index in [1.807, 2.05) is 18.2 Å². The van der Waals surface area contributed by atoms with Crippen LogP contribution in [0.1, 0.15) is 43.7 Å². The quantitative estimate of drug-likeness (QED) is 0.637. The van der Waals surface area contributed by atoms with Crippen LogP contribution in [0.4, 0.5) is 0 Å². The van der Waals surface area contributed by atoms with Crippen LogP contribution in [0.2, 0.25) is 0 Å². The molecule has 5 rings (SSSR count). The van der Waals surface area contributed by atoms with E-state index in [1.54, 1.807) is 0 Å². The lowest BCUT2D eigenvalue weighted by atomic mass is 10.0. The summed E-state index contributed by atoms with van der Waals surface area (Å²) in [6, 6.07) is 10.9. The molecule has 0 N–H and O–H groups in total. The number of hydrogen-bond donors (Lipinski definition) is 0. The lowest BCUT2D eigenvalue weighted by Gasteiger charge is -2.25. The molecule has 0 radical (unpaired) electrons. The number of sulfonamides is 2. The lowest BCUT2D eigenvalue weighted by Crippen LogP contribution is -2.31. The summed E-state index contributed by atoms with van der Waals surface area (Å²) in [7, 11) is -7.38. The molecule has 2 fully saturated rings. The number of hydrogen-bond acceptors (Lipinski definition) is 6. The Morgan fingerprint density at radius 1 is 0.697 bits per heavy atom. The van der Waals surface area contributed by atoms with Gasteiger partial charge in [0.15, 0.2) is 11.5 Å². The molecule has 2 saturated heterocycles. The number of nitrogens with zero attached hydrogens (tertiary/aromatic N) is 2. The van der Waals surface area contributed by atoms with Crippen LogP contribution in [0.15, 0.2) is 52.3 Å². The van der Waals surface area contributed by atoms with Gasteiger partial charge in [0.1, 0.15) is 0 Å². The minimum atomic E-state index is -3.79. The lowest BCUT2D eigenvalue weighted by molar-refractivity contribution is 0.296. The number of ether oxygens (including phenoxy) is 2. The molecule has 0 amide bonds. The molecule has 33 heavy (non-hydrogen) atoms. The Labute approximate surface area is 195 Å². The Kier molecular flexibility index (Phi) is 6.11. The zero-order valence-corrected chi connectivity index (χ0v) is 20.0. The zero-order chi connectivity index (χ0) is 23.1. The van der Waals surface area contributed by atoms with Crippen LogP contribution < -0.4 is 9.47 Å². The second-order valence-electron chi connectivity index (χ2n) is 8.61. The molecule has 0 saturated carbocycles. The van der Waals surface area contributed by atoms with Crippen LogP contribution in [0.3, 0.4) is 0 Å². The van der Waals surface area contributed by atoms with Gasteiger partial charge in [-0.3, -0.25) is 0 Å². The second-order valence-corrected chi connectivity index (χ2v) is 12.4. The fourth-order valence-electron chi connectivity index (χ4n) is 4.74. The van der Waals surface area contributed by atoms with Crippen molar-refractivity contribution < 1.29 is 26.3 Å². The molecule has 3 heterocycles. The highest BCUT2D eigenvalue weighted by atomic mass is 32.2. The van der Waals surface area contributed by atoms with Crippen LogP contribution in [0.25, 0.3) is 0 Å². The highest BCUT2D eigenvalue weighted by molar-refractivity contribution is 7.89. The van der Waals surface area contributed by atoms with Crippen molar-refractivity contribution in [3.8, 4) is 11.5 Å². The largest absolute Gasteiger partial charge is 0.490 e. The van der Waals surface area contributed by atoms with Crippen LogP contribution in [0.5, 0.6) is 11.5 Å². The normalized spacial score (nSPS) is 22.4. The van der Waals surface area contributed by atoms with E-state index in [0.29, 0.717) is 50.8 Å². The highest BCUT2D eigenvalue weighted by Crippen LogP contribution is 2.40. The molecule has 1 unspecified atom stereocenters. The van der Waals surface area contributed by atoms with Crippen LogP contribution in [-0.2, 0) is 20.0 Å². The van der Waals surface area contributed by atoms with Gasteiger partial charge in [-0.05, 0) is 67.6 Å². The minimum Gasteiger partial charge on any atom is -0.490 e. The molecule has 8 nitrogen and oxygen atoms in total. The fourth-order valence-corrected chi connectivity index (χ4v) is 7.94. The second kappa shape index (κ2) is 8.90. The van der Waals surface area contributed by atoms with E-state index in [0.717, 1.165) is 31.2 Å². The Morgan fingerprint density at radius 2 is 1.33 bits per heavy atom. The van der Waals surface area contributed by atoms with Crippen LogP contribution >= 0.6 is 0 Å². The first-order valence-corrected chi connectivity index (χ1v) is 14.3. The number of rotatable bonds is 5.